The Balaban J connectivity index is -0.000000101. The van der Waals surface area contributed by atoms with Gasteiger partial charge < -0.3 is 9.47 Å². The molecule has 0 fully saturated rings. The van der Waals surface area contributed by atoms with E-state index >= 15 is 0 Å². The Kier molecular flexibility index (Phi) is 29.4. The molecule has 0 N–H and O–H groups in total. The molecule has 0 heterocycles. The maximum absolute atomic E-state index is 10.4. The van der Waals surface area contributed by atoms with Gasteiger partial charge in [0.05, 0.1) is 0 Å². The fourth-order valence-corrected chi connectivity index (χ4v) is 0.344. The monoisotopic (exact) mass is 206 g/mol. The van der Waals surface area contributed by atoms with Crippen LogP contribution >= 0.6 is 0 Å². The number of carbonyl (C=O) groups excluding carboxylic acids is 4. The Bertz CT molecular complexity index is 227. The van der Waals surface area contributed by atoms with Gasteiger partial charge in [-0.3, -0.25) is 9.59 Å². The molecule has 74 valence electrons. The molecule has 16 heavy (non-hydrogen) atoms. The van der Waals surface area contributed by atoms with E-state index in [1.807, 2.05) is 0 Å². The van der Waals surface area contributed by atoms with E-state index in [1.54, 1.807) is 0 Å². The first-order valence-corrected chi connectivity index (χ1v) is 2.88. The van der Waals surface area contributed by atoms with Crippen molar-refractivity contribution in [3.05, 3.63) is 0 Å². The van der Waals surface area contributed by atoms with Crippen LogP contribution in [0.1, 0.15) is 13.8 Å². The second-order valence-corrected chi connectivity index (χ2v) is 1.76. The van der Waals surface area contributed by atoms with Crippen LogP contribution in [-0.4, -0.2) is 99.3 Å². The minimum atomic E-state index is -1.50. The Labute approximate surface area is 141 Å². The van der Waals surface area contributed by atoms with Gasteiger partial charge in [-0.25, -0.2) is 9.59 Å². The molecule has 0 aromatic rings. The first-order valence-electron chi connectivity index (χ1n) is 2.88. The average molecular weight is 206 g/mol. The maximum atomic E-state index is 10.4. The first kappa shape index (κ1) is 30.1. The molecule has 0 atom stereocenters. The fraction of sp³-hybridized carbons (Fsp3) is 0.333. The number of carbonyl (C=O) groups is 4. The molecule has 0 aliphatic rings. The summed E-state index contributed by atoms with van der Waals surface area (Å²) in [4.78, 5) is 41.1. The molecule has 0 unspecified atom stereocenters. The van der Waals surface area contributed by atoms with Gasteiger partial charge in [-0.1, -0.05) is 0 Å². The second kappa shape index (κ2) is 15.7. The standard InChI is InChI=1S/C6H6O6.4Li.4H/c1-3(7)11-5(9)6(10)12-4(2)8;;;;;;;;/h1-2H3;;;;;;;;. The van der Waals surface area contributed by atoms with E-state index in [9.17, 15) is 19.2 Å². The zero-order chi connectivity index (χ0) is 9.72. The molecule has 6 nitrogen and oxygen atoms in total. The van der Waals surface area contributed by atoms with E-state index < -0.39 is 23.9 Å². The van der Waals surface area contributed by atoms with Crippen molar-refractivity contribution >= 4 is 99.3 Å². The molecule has 0 saturated carbocycles. The van der Waals surface area contributed by atoms with Gasteiger partial charge in [0.15, 0.2) is 0 Å². The molecule has 10 heteroatoms. The average Bonchev–Trinajstić information content (AvgIpc) is 1.84. The van der Waals surface area contributed by atoms with Gasteiger partial charge >= 0.3 is 99.3 Å². The SMILES string of the molecule is CC(=O)OC(=O)C(=O)OC(C)=O.[LiH].[LiH].[LiH].[LiH]. The number of hydrogen-bond donors (Lipinski definition) is 0. The Morgan fingerprint density at radius 3 is 0.938 bits per heavy atom. The van der Waals surface area contributed by atoms with Gasteiger partial charge in [-0.15, -0.1) is 0 Å². The summed E-state index contributed by atoms with van der Waals surface area (Å²) in [5.74, 6) is -4.89. The normalized spacial score (nSPS) is 6.38. The van der Waals surface area contributed by atoms with Gasteiger partial charge in [0, 0.05) is 13.8 Å². The van der Waals surface area contributed by atoms with Crippen LogP contribution in [0.25, 0.3) is 0 Å². The number of ether oxygens (including phenoxy) is 2. The van der Waals surface area contributed by atoms with Crippen LogP contribution in [0, 0.1) is 0 Å². The van der Waals surface area contributed by atoms with Crippen LogP contribution in [0.2, 0.25) is 0 Å². The molecule has 0 aliphatic heterocycles. The van der Waals surface area contributed by atoms with Crippen molar-refractivity contribution in [1.82, 2.24) is 0 Å². The summed E-state index contributed by atoms with van der Waals surface area (Å²) in [5.41, 5.74) is 0. The van der Waals surface area contributed by atoms with Gasteiger partial charge in [-0.05, 0) is 0 Å². The van der Waals surface area contributed by atoms with Crippen molar-refractivity contribution < 1.29 is 28.7 Å². The van der Waals surface area contributed by atoms with Crippen molar-refractivity contribution in [2.24, 2.45) is 0 Å². The van der Waals surface area contributed by atoms with E-state index in [2.05, 4.69) is 9.47 Å². The molecule has 0 bridgehead atoms. The third-order valence-corrected chi connectivity index (χ3v) is 0.640. The van der Waals surface area contributed by atoms with Gasteiger partial charge in [0.1, 0.15) is 0 Å². The van der Waals surface area contributed by atoms with Gasteiger partial charge in [-0.2, -0.15) is 0 Å². The Morgan fingerprint density at radius 1 is 0.625 bits per heavy atom. The zero-order valence-corrected chi connectivity index (χ0v) is 6.45. The van der Waals surface area contributed by atoms with Crippen LogP contribution in [0.3, 0.4) is 0 Å². The van der Waals surface area contributed by atoms with Crippen molar-refractivity contribution in [1.29, 1.82) is 0 Å². The molecule has 0 amide bonds. The molecule has 0 rings (SSSR count). The van der Waals surface area contributed by atoms with E-state index in [0.717, 1.165) is 13.8 Å². The summed E-state index contributed by atoms with van der Waals surface area (Å²) < 4.78 is 7.62. The van der Waals surface area contributed by atoms with Crippen LogP contribution in [-0.2, 0) is 28.7 Å². The molecule has 0 aliphatic carbocycles. The quantitative estimate of drug-likeness (QED) is 0.177. The second-order valence-electron chi connectivity index (χ2n) is 1.76. The minimum absolute atomic E-state index is 0. The van der Waals surface area contributed by atoms with Crippen molar-refractivity contribution in [2.75, 3.05) is 0 Å². The molecule has 0 saturated heterocycles. The summed E-state index contributed by atoms with van der Waals surface area (Å²) in [6.45, 7) is 1.89. The topological polar surface area (TPSA) is 86.7 Å². The third-order valence-electron chi connectivity index (χ3n) is 0.640. The number of rotatable bonds is 0. The molecule has 0 aromatic carbocycles. The van der Waals surface area contributed by atoms with Gasteiger partial charge in [0.2, 0.25) is 0 Å². The molecule has 0 spiro atoms. The summed E-state index contributed by atoms with van der Waals surface area (Å²) in [6, 6.07) is 0. The van der Waals surface area contributed by atoms with Crippen molar-refractivity contribution in [3.63, 3.8) is 0 Å². The van der Waals surface area contributed by atoms with E-state index in [0.29, 0.717) is 0 Å². The number of hydrogen-bond acceptors (Lipinski definition) is 6. The molecular weight excluding hydrogens is 196 g/mol. The van der Waals surface area contributed by atoms with Crippen molar-refractivity contribution in [2.45, 2.75) is 13.8 Å². The van der Waals surface area contributed by atoms with Crippen LogP contribution in [0.4, 0.5) is 0 Å². The fourth-order valence-electron chi connectivity index (χ4n) is 0.344. The van der Waals surface area contributed by atoms with Crippen molar-refractivity contribution in [3.8, 4) is 0 Å². The molecule has 0 aromatic heterocycles. The van der Waals surface area contributed by atoms with E-state index in [1.165, 1.54) is 0 Å². The summed E-state index contributed by atoms with van der Waals surface area (Å²) in [5, 5.41) is 0. The predicted octanol–water partition coefficient (Wildman–Crippen LogP) is -3.43. The number of esters is 4. The van der Waals surface area contributed by atoms with Gasteiger partial charge in [0.25, 0.3) is 0 Å². The van der Waals surface area contributed by atoms with E-state index in [-0.39, 0.29) is 75.4 Å². The molecular formula is C6H10Li4O6. The van der Waals surface area contributed by atoms with Crippen LogP contribution in [0.5, 0.6) is 0 Å². The first-order chi connectivity index (χ1) is 5.43. The summed E-state index contributed by atoms with van der Waals surface area (Å²) >= 11 is 0. The zero-order valence-electron chi connectivity index (χ0n) is 6.45. The molecule has 0 radical (unpaired) electrons. The summed E-state index contributed by atoms with van der Waals surface area (Å²) in [6.07, 6.45) is 0. The Hall–Kier alpha value is 0.670. The van der Waals surface area contributed by atoms with Crippen LogP contribution < -0.4 is 0 Å². The van der Waals surface area contributed by atoms with Crippen LogP contribution in [0.15, 0.2) is 0 Å². The summed E-state index contributed by atoms with van der Waals surface area (Å²) in [7, 11) is 0. The predicted molar refractivity (Wildman–Crippen MR) is 62.1 cm³/mol. The third kappa shape index (κ3) is 17.1. The Morgan fingerprint density at radius 2 is 0.812 bits per heavy atom. The van der Waals surface area contributed by atoms with E-state index in [4.69, 9.17) is 0 Å².